The summed E-state index contributed by atoms with van der Waals surface area (Å²) in [6.45, 7) is 14.8. The normalized spacial score (nSPS) is 13.3. The number of aromatic nitrogens is 2. The van der Waals surface area contributed by atoms with E-state index < -0.39 is 23.4 Å². The number of carbonyl (C=O) groups excluding carboxylic acids is 2. The molecular weight excluding hydrogens is 408 g/mol. The molecule has 2 heterocycles. The molecule has 0 unspecified atom stereocenters. The SMILES string of the molecule is C/C(=C\C=C(/C)n1ccc2c(N(C(=O)OC(C)(C)C)C(=O)OC(C)(C)C)nccc21)CN. The summed E-state index contributed by atoms with van der Waals surface area (Å²) >= 11 is 0. The minimum Gasteiger partial charge on any atom is -0.443 e. The lowest BCUT2D eigenvalue weighted by Crippen LogP contribution is -2.44. The Morgan fingerprint density at radius 3 is 2.09 bits per heavy atom. The van der Waals surface area contributed by atoms with Crippen LogP contribution in [0.1, 0.15) is 55.4 Å². The Labute approximate surface area is 189 Å². The van der Waals surface area contributed by atoms with E-state index in [-0.39, 0.29) is 5.82 Å². The fourth-order valence-electron chi connectivity index (χ4n) is 2.81. The van der Waals surface area contributed by atoms with Gasteiger partial charge < -0.3 is 19.8 Å². The highest BCUT2D eigenvalue weighted by molar-refractivity contribution is 6.13. The smallest absolute Gasteiger partial charge is 0.425 e. The summed E-state index contributed by atoms with van der Waals surface area (Å²) in [5.74, 6) is 0.145. The molecule has 2 N–H and O–H groups in total. The molecule has 8 nitrogen and oxygen atoms in total. The van der Waals surface area contributed by atoms with Gasteiger partial charge in [-0.3, -0.25) is 0 Å². The van der Waals surface area contributed by atoms with Crippen molar-refractivity contribution < 1.29 is 19.1 Å². The van der Waals surface area contributed by atoms with E-state index in [0.29, 0.717) is 11.9 Å². The van der Waals surface area contributed by atoms with E-state index in [0.717, 1.165) is 21.7 Å². The molecule has 0 bridgehead atoms. The topological polar surface area (TPSA) is 99.7 Å². The van der Waals surface area contributed by atoms with Crippen LogP contribution in [0.5, 0.6) is 0 Å². The Bertz CT molecular complexity index is 1020. The largest absolute Gasteiger partial charge is 0.443 e. The molecule has 174 valence electrons. The third-order valence-electron chi connectivity index (χ3n) is 4.27. The van der Waals surface area contributed by atoms with Crippen LogP contribution >= 0.6 is 0 Å². The van der Waals surface area contributed by atoms with Gasteiger partial charge in [0.25, 0.3) is 0 Å². The zero-order valence-electron chi connectivity index (χ0n) is 20.2. The molecule has 0 saturated carbocycles. The molecule has 2 rings (SSSR count). The highest BCUT2D eigenvalue weighted by Gasteiger charge is 2.34. The van der Waals surface area contributed by atoms with Gasteiger partial charge in [-0.15, -0.1) is 0 Å². The van der Waals surface area contributed by atoms with Gasteiger partial charge in [-0.2, -0.15) is 4.90 Å². The van der Waals surface area contributed by atoms with Gasteiger partial charge in [-0.1, -0.05) is 11.6 Å². The number of imide groups is 1. The molecule has 32 heavy (non-hydrogen) atoms. The Hall–Kier alpha value is -3.13. The molecule has 0 fully saturated rings. The highest BCUT2D eigenvalue weighted by atomic mass is 16.6. The zero-order valence-corrected chi connectivity index (χ0v) is 20.2. The summed E-state index contributed by atoms with van der Waals surface area (Å²) in [5.41, 5.74) is 6.81. The minimum atomic E-state index is -0.853. The number of amides is 2. The van der Waals surface area contributed by atoms with Crippen LogP contribution in [0.15, 0.2) is 42.3 Å². The van der Waals surface area contributed by atoms with Crippen LogP contribution in [0.3, 0.4) is 0 Å². The van der Waals surface area contributed by atoms with E-state index in [1.807, 2.05) is 42.8 Å². The number of hydrogen-bond donors (Lipinski definition) is 1. The molecule has 0 aliphatic heterocycles. The number of anilines is 1. The van der Waals surface area contributed by atoms with Crippen LogP contribution in [-0.2, 0) is 9.47 Å². The van der Waals surface area contributed by atoms with E-state index in [1.165, 1.54) is 0 Å². The van der Waals surface area contributed by atoms with Crippen molar-refractivity contribution >= 4 is 34.6 Å². The number of fused-ring (bicyclic) bond motifs is 1. The van der Waals surface area contributed by atoms with E-state index in [9.17, 15) is 9.59 Å². The number of ether oxygens (including phenoxy) is 2. The first-order valence-electron chi connectivity index (χ1n) is 10.5. The van der Waals surface area contributed by atoms with Crippen LogP contribution in [0.25, 0.3) is 16.6 Å². The van der Waals surface area contributed by atoms with Crippen LogP contribution in [0.2, 0.25) is 0 Å². The van der Waals surface area contributed by atoms with Crippen molar-refractivity contribution in [3.05, 3.63) is 42.3 Å². The van der Waals surface area contributed by atoms with Gasteiger partial charge in [0.1, 0.15) is 11.2 Å². The molecule has 0 spiro atoms. The van der Waals surface area contributed by atoms with Crippen molar-refractivity contribution in [3.63, 3.8) is 0 Å². The standard InChI is InChI=1S/C24H34N4O4/c1-16(15-25)9-10-17(2)27-14-12-18-19(27)11-13-26-20(18)28(21(29)31-23(3,4)5)22(30)32-24(6,7)8/h9-14H,15,25H2,1-8H3/b16-9+,17-10+. The molecule has 0 atom stereocenters. The second kappa shape index (κ2) is 9.56. The summed E-state index contributed by atoms with van der Waals surface area (Å²) in [6, 6.07) is 3.62. The summed E-state index contributed by atoms with van der Waals surface area (Å²) in [7, 11) is 0. The number of nitrogens with two attached hydrogens (primary N) is 1. The van der Waals surface area contributed by atoms with Crippen molar-refractivity contribution in [2.24, 2.45) is 5.73 Å². The maximum absolute atomic E-state index is 13.0. The Morgan fingerprint density at radius 1 is 1.03 bits per heavy atom. The molecule has 2 aromatic heterocycles. The van der Waals surface area contributed by atoms with Gasteiger partial charge in [-0.05, 0) is 73.6 Å². The molecule has 0 aromatic carbocycles. The molecule has 0 aliphatic rings. The van der Waals surface area contributed by atoms with E-state index in [2.05, 4.69) is 4.98 Å². The lowest BCUT2D eigenvalue weighted by atomic mass is 10.2. The molecule has 2 aromatic rings. The maximum atomic E-state index is 13.0. The summed E-state index contributed by atoms with van der Waals surface area (Å²) in [5, 5.41) is 0.608. The lowest BCUT2D eigenvalue weighted by molar-refractivity contribution is 0.0429. The number of hydrogen-bond acceptors (Lipinski definition) is 6. The van der Waals surface area contributed by atoms with E-state index in [1.54, 1.807) is 53.8 Å². The van der Waals surface area contributed by atoms with Crippen LogP contribution < -0.4 is 10.6 Å². The highest BCUT2D eigenvalue weighted by Crippen LogP contribution is 2.30. The van der Waals surface area contributed by atoms with Crippen molar-refractivity contribution in [1.29, 1.82) is 0 Å². The number of allylic oxidation sites excluding steroid dienone is 3. The lowest BCUT2D eigenvalue weighted by Gasteiger charge is -2.28. The van der Waals surface area contributed by atoms with Crippen molar-refractivity contribution in [3.8, 4) is 0 Å². The molecule has 8 heteroatoms. The van der Waals surface area contributed by atoms with Crippen molar-refractivity contribution in [1.82, 2.24) is 9.55 Å². The molecule has 0 saturated heterocycles. The van der Waals surface area contributed by atoms with E-state index in [4.69, 9.17) is 15.2 Å². The number of nitrogens with zero attached hydrogens (tertiary/aromatic N) is 3. The Morgan fingerprint density at radius 2 is 1.59 bits per heavy atom. The van der Waals surface area contributed by atoms with Gasteiger partial charge in [0.15, 0.2) is 5.82 Å². The molecule has 2 amide bonds. The fourth-order valence-corrected chi connectivity index (χ4v) is 2.81. The second-order valence-electron chi connectivity index (χ2n) is 9.57. The van der Waals surface area contributed by atoms with Gasteiger partial charge >= 0.3 is 12.2 Å². The average molecular weight is 443 g/mol. The quantitative estimate of drug-likeness (QED) is 0.630. The van der Waals surface area contributed by atoms with Crippen LogP contribution in [0, 0.1) is 0 Å². The predicted molar refractivity (Wildman–Crippen MR) is 127 cm³/mol. The maximum Gasteiger partial charge on any atom is 0.425 e. The second-order valence-corrected chi connectivity index (χ2v) is 9.57. The summed E-state index contributed by atoms with van der Waals surface area (Å²) in [6.07, 6.45) is 5.61. The first-order chi connectivity index (χ1) is 14.7. The third-order valence-corrected chi connectivity index (χ3v) is 4.27. The summed E-state index contributed by atoms with van der Waals surface area (Å²) < 4.78 is 12.9. The first kappa shape index (κ1) is 25.1. The van der Waals surface area contributed by atoms with E-state index >= 15 is 0 Å². The number of carbonyl (C=O) groups is 2. The predicted octanol–water partition coefficient (Wildman–Crippen LogP) is 5.48. The molecule has 0 aliphatic carbocycles. The van der Waals surface area contributed by atoms with Gasteiger partial charge in [0.05, 0.1) is 5.52 Å². The van der Waals surface area contributed by atoms with Crippen LogP contribution in [-0.4, -0.2) is 39.5 Å². The Kier molecular flexibility index (Phi) is 7.51. The van der Waals surface area contributed by atoms with Crippen molar-refractivity contribution in [2.45, 2.75) is 66.6 Å². The summed E-state index contributed by atoms with van der Waals surface area (Å²) in [4.78, 5) is 31.2. The first-order valence-corrected chi connectivity index (χ1v) is 10.5. The zero-order chi connectivity index (χ0) is 24.3. The number of pyridine rings is 1. The van der Waals surface area contributed by atoms with Crippen molar-refractivity contribution in [2.75, 3.05) is 11.4 Å². The van der Waals surface area contributed by atoms with Gasteiger partial charge in [0, 0.05) is 30.0 Å². The molecule has 0 radical (unpaired) electrons. The minimum absolute atomic E-state index is 0.145. The third kappa shape index (κ3) is 6.43. The monoisotopic (exact) mass is 442 g/mol. The Balaban J connectivity index is 2.60. The van der Waals surface area contributed by atoms with Gasteiger partial charge in [-0.25, -0.2) is 14.6 Å². The van der Waals surface area contributed by atoms with Gasteiger partial charge in [0.2, 0.25) is 0 Å². The molecular formula is C24H34N4O4. The average Bonchev–Trinajstić information content (AvgIpc) is 3.08. The fraction of sp³-hybridized carbons (Fsp3) is 0.458. The van der Waals surface area contributed by atoms with Crippen LogP contribution in [0.4, 0.5) is 15.4 Å². The number of rotatable bonds is 4.